The maximum atomic E-state index is 14.2. The van der Waals surface area contributed by atoms with Crippen molar-refractivity contribution >= 4 is 0 Å². The first-order chi connectivity index (χ1) is 8.52. The maximum absolute atomic E-state index is 14.2. The van der Waals surface area contributed by atoms with Crippen molar-refractivity contribution in [2.75, 3.05) is 0 Å². The predicted octanol–water partition coefficient (Wildman–Crippen LogP) is 3.38. The van der Waals surface area contributed by atoms with Gasteiger partial charge in [0.05, 0.1) is 6.04 Å². The molecule has 0 amide bonds. The summed E-state index contributed by atoms with van der Waals surface area (Å²) in [6, 6.07) is 3.57. The van der Waals surface area contributed by atoms with Crippen LogP contribution in [0.25, 0.3) is 0 Å². The fourth-order valence-electron chi connectivity index (χ4n) is 3.33. The molecule has 1 fully saturated rings. The smallest absolute Gasteiger partial charge is 0.128 e. The van der Waals surface area contributed by atoms with Crippen LogP contribution in [0.4, 0.5) is 4.39 Å². The first-order valence-electron chi connectivity index (χ1n) is 6.75. The van der Waals surface area contributed by atoms with Gasteiger partial charge in [-0.05, 0) is 55.7 Å². The molecule has 3 heteroatoms. The monoisotopic (exact) mass is 250 g/mol. The fourth-order valence-corrected chi connectivity index (χ4v) is 3.33. The van der Waals surface area contributed by atoms with Gasteiger partial charge in [-0.2, -0.15) is 0 Å². The van der Waals surface area contributed by atoms with E-state index in [1.165, 1.54) is 6.42 Å². The number of benzene rings is 1. The molecule has 0 spiro atoms. The minimum absolute atomic E-state index is 0.0597. The van der Waals surface area contributed by atoms with Crippen molar-refractivity contribution in [1.29, 1.82) is 0 Å². The zero-order valence-electron chi connectivity index (χ0n) is 11.5. The van der Waals surface area contributed by atoms with Crippen LogP contribution in [0.3, 0.4) is 0 Å². The van der Waals surface area contributed by atoms with E-state index in [4.69, 9.17) is 5.84 Å². The molecule has 100 valence electrons. The van der Waals surface area contributed by atoms with E-state index in [1.54, 1.807) is 6.07 Å². The highest BCUT2D eigenvalue weighted by Crippen LogP contribution is 2.40. The highest BCUT2D eigenvalue weighted by Gasteiger charge is 2.31. The van der Waals surface area contributed by atoms with Crippen LogP contribution in [0.1, 0.15) is 48.9 Å². The number of hydrogen-bond donors (Lipinski definition) is 2. The zero-order valence-corrected chi connectivity index (χ0v) is 11.5. The minimum atomic E-state index is -0.130. The Morgan fingerprint density at radius 2 is 2.06 bits per heavy atom. The van der Waals surface area contributed by atoms with E-state index in [2.05, 4.69) is 12.3 Å². The lowest BCUT2D eigenvalue weighted by molar-refractivity contribution is 0.352. The summed E-state index contributed by atoms with van der Waals surface area (Å²) in [5.41, 5.74) is 5.55. The van der Waals surface area contributed by atoms with Crippen molar-refractivity contribution in [2.45, 2.75) is 46.1 Å². The molecule has 0 radical (unpaired) electrons. The van der Waals surface area contributed by atoms with Crippen LogP contribution in [0.15, 0.2) is 12.1 Å². The Bertz CT molecular complexity index is 407. The Labute approximate surface area is 109 Å². The Morgan fingerprint density at radius 3 is 2.56 bits per heavy atom. The summed E-state index contributed by atoms with van der Waals surface area (Å²) in [6.07, 6.45) is 3.47. The van der Waals surface area contributed by atoms with Crippen molar-refractivity contribution < 1.29 is 4.39 Å². The molecule has 3 N–H and O–H groups in total. The lowest BCUT2D eigenvalue weighted by Gasteiger charge is -2.25. The Balaban J connectivity index is 2.33. The van der Waals surface area contributed by atoms with Gasteiger partial charge in [0.25, 0.3) is 0 Å². The van der Waals surface area contributed by atoms with Crippen LogP contribution >= 0.6 is 0 Å². The summed E-state index contributed by atoms with van der Waals surface area (Å²) in [4.78, 5) is 0. The molecule has 2 rings (SSSR count). The molecular formula is C15H23FN2. The number of halogens is 1. The number of aryl methyl sites for hydroxylation is 2. The molecule has 0 aromatic heterocycles. The molecule has 2 nitrogen and oxygen atoms in total. The van der Waals surface area contributed by atoms with Gasteiger partial charge in [-0.15, -0.1) is 0 Å². The average molecular weight is 250 g/mol. The van der Waals surface area contributed by atoms with Crippen molar-refractivity contribution in [3.63, 3.8) is 0 Å². The van der Waals surface area contributed by atoms with Gasteiger partial charge >= 0.3 is 0 Å². The molecular weight excluding hydrogens is 227 g/mol. The Kier molecular flexibility index (Phi) is 4.03. The molecule has 1 aliphatic carbocycles. The van der Waals surface area contributed by atoms with E-state index in [-0.39, 0.29) is 11.9 Å². The molecule has 1 saturated carbocycles. The Hall–Kier alpha value is -0.930. The number of nitrogens with two attached hydrogens (primary N) is 1. The topological polar surface area (TPSA) is 38.0 Å². The number of rotatable bonds is 3. The van der Waals surface area contributed by atoms with Gasteiger partial charge in [-0.25, -0.2) is 4.39 Å². The van der Waals surface area contributed by atoms with E-state index in [0.717, 1.165) is 35.4 Å². The molecule has 0 aliphatic heterocycles. The fraction of sp³-hybridized carbons (Fsp3) is 0.600. The second kappa shape index (κ2) is 5.37. The highest BCUT2D eigenvalue weighted by atomic mass is 19.1. The van der Waals surface area contributed by atoms with E-state index < -0.39 is 0 Å². The molecule has 3 unspecified atom stereocenters. The SMILES string of the molecule is Cc1cc(C)c(C(NN)C2CCC(C)C2)c(F)c1. The zero-order chi connectivity index (χ0) is 13.3. The third kappa shape index (κ3) is 2.57. The predicted molar refractivity (Wildman–Crippen MR) is 72.4 cm³/mol. The van der Waals surface area contributed by atoms with Gasteiger partial charge in [0.1, 0.15) is 5.82 Å². The highest BCUT2D eigenvalue weighted by molar-refractivity contribution is 5.34. The first-order valence-corrected chi connectivity index (χ1v) is 6.75. The second-order valence-electron chi connectivity index (χ2n) is 5.80. The molecule has 1 aromatic carbocycles. The van der Waals surface area contributed by atoms with E-state index >= 15 is 0 Å². The third-order valence-electron chi connectivity index (χ3n) is 4.18. The lowest BCUT2D eigenvalue weighted by Crippen LogP contribution is -2.34. The van der Waals surface area contributed by atoms with Crippen LogP contribution in [-0.2, 0) is 0 Å². The van der Waals surface area contributed by atoms with E-state index in [1.807, 2.05) is 19.9 Å². The minimum Gasteiger partial charge on any atom is -0.271 e. The summed E-state index contributed by atoms with van der Waals surface area (Å²) in [5.74, 6) is 6.73. The summed E-state index contributed by atoms with van der Waals surface area (Å²) < 4.78 is 14.2. The van der Waals surface area contributed by atoms with E-state index in [0.29, 0.717) is 5.92 Å². The molecule has 0 heterocycles. The van der Waals surface area contributed by atoms with Gasteiger partial charge in [0.2, 0.25) is 0 Å². The van der Waals surface area contributed by atoms with Crippen molar-refractivity contribution in [3.05, 3.63) is 34.6 Å². The number of hydrazine groups is 1. The van der Waals surface area contributed by atoms with E-state index in [9.17, 15) is 4.39 Å². The molecule has 0 saturated heterocycles. The summed E-state index contributed by atoms with van der Waals surface area (Å²) >= 11 is 0. The summed E-state index contributed by atoms with van der Waals surface area (Å²) in [7, 11) is 0. The second-order valence-corrected chi connectivity index (χ2v) is 5.80. The van der Waals surface area contributed by atoms with Gasteiger partial charge in [-0.1, -0.05) is 19.4 Å². The third-order valence-corrected chi connectivity index (χ3v) is 4.18. The van der Waals surface area contributed by atoms with Crippen LogP contribution in [-0.4, -0.2) is 0 Å². The quantitative estimate of drug-likeness (QED) is 0.637. The summed E-state index contributed by atoms with van der Waals surface area (Å²) in [6.45, 7) is 6.14. The molecule has 1 aliphatic rings. The van der Waals surface area contributed by atoms with Gasteiger partial charge in [-0.3, -0.25) is 11.3 Å². The summed E-state index contributed by atoms with van der Waals surface area (Å²) in [5, 5.41) is 0. The van der Waals surface area contributed by atoms with Gasteiger partial charge < -0.3 is 0 Å². The van der Waals surface area contributed by atoms with Crippen LogP contribution in [0.5, 0.6) is 0 Å². The average Bonchev–Trinajstić information content (AvgIpc) is 2.69. The largest absolute Gasteiger partial charge is 0.271 e. The molecule has 3 atom stereocenters. The molecule has 1 aromatic rings. The standard InChI is InChI=1S/C15H23FN2/c1-9-4-5-12(7-9)15(18-17)14-11(3)6-10(2)8-13(14)16/h6,8-9,12,15,18H,4-5,7,17H2,1-3H3. The molecule has 18 heavy (non-hydrogen) atoms. The van der Waals surface area contributed by atoms with Crippen molar-refractivity contribution in [1.82, 2.24) is 5.43 Å². The van der Waals surface area contributed by atoms with Crippen LogP contribution in [0.2, 0.25) is 0 Å². The normalized spacial score (nSPS) is 25.4. The van der Waals surface area contributed by atoms with Crippen molar-refractivity contribution in [2.24, 2.45) is 17.7 Å². The molecule has 0 bridgehead atoms. The maximum Gasteiger partial charge on any atom is 0.128 e. The van der Waals surface area contributed by atoms with Crippen LogP contribution in [0, 0.1) is 31.5 Å². The van der Waals surface area contributed by atoms with Crippen molar-refractivity contribution in [3.8, 4) is 0 Å². The lowest BCUT2D eigenvalue weighted by atomic mass is 9.88. The van der Waals surface area contributed by atoms with Crippen LogP contribution < -0.4 is 11.3 Å². The van der Waals surface area contributed by atoms with Gasteiger partial charge in [0, 0.05) is 5.56 Å². The number of nitrogens with one attached hydrogen (secondary N) is 1. The Morgan fingerprint density at radius 1 is 1.33 bits per heavy atom. The number of hydrogen-bond acceptors (Lipinski definition) is 2. The van der Waals surface area contributed by atoms with Gasteiger partial charge in [0.15, 0.2) is 0 Å². The first kappa shape index (κ1) is 13.5.